The molecule has 150 valence electrons. The van der Waals surface area contributed by atoms with E-state index in [-0.39, 0.29) is 17.6 Å². The minimum Gasteiger partial charge on any atom is -0.323 e. The molecule has 2 aromatic rings. The van der Waals surface area contributed by atoms with Crippen molar-refractivity contribution in [2.24, 2.45) is 5.92 Å². The van der Waals surface area contributed by atoms with E-state index in [1.165, 1.54) is 4.31 Å². The van der Waals surface area contributed by atoms with E-state index in [4.69, 9.17) is 23.2 Å². The van der Waals surface area contributed by atoms with Gasteiger partial charge in [0.25, 0.3) is 0 Å². The molecule has 0 radical (unpaired) electrons. The molecule has 1 N–H and O–H groups in total. The van der Waals surface area contributed by atoms with Gasteiger partial charge in [-0.3, -0.25) is 4.79 Å². The number of nitrogens with one attached hydrogen (secondary N) is 1. The number of rotatable bonds is 5. The molecule has 0 aliphatic carbocycles. The number of hydrogen-bond acceptors (Lipinski definition) is 3. The summed E-state index contributed by atoms with van der Waals surface area (Å²) < 4.78 is 27.7. The van der Waals surface area contributed by atoms with Crippen LogP contribution in [0.2, 0.25) is 10.0 Å². The fourth-order valence-corrected chi connectivity index (χ4v) is 5.44. The summed E-state index contributed by atoms with van der Waals surface area (Å²) in [5.41, 5.74) is 1.12. The molecule has 0 aromatic heterocycles. The van der Waals surface area contributed by atoms with Gasteiger partial charge in [0.2, 0.25) is 15.9 Å². The van der Waals surface area contributed by atoms with Crippen LogP contribution in [0.15, 0.2) is 46.9 Å². The van der Waals surface area contributed by atoms with Gasteiger partial charge < -0.3 is 5.32 Å². The second kappa shape index (κ2) is 9.13. The standard InChI is InChI=1S/C19H19BrCl2N2O3S/c20-15-6-4-13(5-7-15)12-28(26,27)24-10-8-14(9-11-24)19(25)23-18-16(21)2-1-3-17(18)22/h1-7,14H,8-12H2,(H,23,25). The maximum Gasteiger partial charge on any atom is 0.227 e. The molecule has 1 aliphatic heterocycles. The van der Waals surface area contributed by atoms with E-state index in [0.717, 1.165) is 10.0 Å². The predicted octanol–water partition coefficient (Wildman–Crippen LogP) is 4.94. The maximum atomic E-state index is 12.7. The van der Waals surface area contributed by atoms with Crippen LogP contribution in [-0.4, -0.2) is 31.7 Å². The Bertz CT molecular complexity index is 939. The summed E-state index contributed by atoms with van der Waals surface area (Å²) in [7, 11) is -3.43. The molecule has 0 bridgehead atoms. The SMILES string of the molecule is O=C(Nc1c(Cl)cccc1Cl)C1CCN(S(=O)(=O)Cc2ccc(Br)cc2)CC1. The number of benzene rings is 2. The average molecular weight is 506 g/mol. The lowest BCUT2D eigenvalue weighted by molar-refractivity contribution is -0.120. The van der Waals surface area contributed by atoms with Gasteiger partial charge in [-0.25, -0.2) is 12.7 Å². The molecular formula is C19H19BrCl2N2O3S. The maximum absolute atomic E-state index is 12.7. The van der Waals surface area contributed by atoms with Crippen molar-refractivity contribution in [3.05, 3.63) is 62.5 Å². The predicted molar refractivity (Wildman–Crippen MR) is 116 cm³/mol. The molecule has 1 amide bonds. The first kappa shape index (κ1) is 21.6. The first-order chi connectivity index (χ1) is 13.3. The van der Waals surface area contributed by atoms with Crippen molar-refractivity contribution in [2.75, 3.05) is 18.4 Å². The molecule has 3 rings (SSSR count). The zero-order valence-corrected chi connectivity index (χ0v) is 18.8. The van der Waals surface area contributed by atoms with Crippen molar-refractivity contribution in [3.63, 3.8) is 0 Å². The Morgan fingerprint density at radius 3 is 2.21 bits per heavy atom. The van der Waals surface area contributed by atoms with Gasteiger partial charge in [-0.05, 0) is 42.7 Å². The zero-order chi connectivity index (χ0) is 20.3. The third-order valence-electron chi connectivity index (χ3n) is 4.69. The number of carbonyl (C=O) groups is 1. The van der Waals surface area contributed by atoms with Crippen LogP contribution < -0.4 is 5.32 Å². The van der Waals surface area contributed by atoms with Crippen LogP contribution in [0.1, 0.15) is 18.4 Å². The molecule has 1 fully saturated rings. The van der Waals surface area contributed by atoms with E-state index in [1.807, 2.05) is 12.1 Å². The lowest BCUT2D eigenvalue weighted by Crippen LogP contribution is -2.41. The lowest BCUT2D eigenvalue weighted by atomic mass is 9.97. The summed E-state index contributed by atoms with van der Waals surface area (Å²) in [6.45, 7) is 0.625. The van der Waals surface area contributed by atoms with Crippen molar-refractivity contribution in [1.29, 1.82) is 0 Å². The molecule has 2 aromatic carbocycles. The summed E-state index contributed by atoms with van der Waals surface area (Å²) >= 11 is 15.5. The Labute approximate surface area is 183 Å². The summed E-state index contributed by atoms with van der Waals surface area (Å²) in [5, 5.41) is 3.51. The number of hydrogen-bond donors (Lipinski definition) is 1. The molecule has 0 atom stereocenters. The van der Waals surface area contributed by atoms with Gasteiger partial charge in [-0.2, -0.15) is 0 Å². The van der Waals surface area contributed by atoms with Gasteiger partial charge in [0.1, 0.15) is 0 Å². The van der Waals surface area contributed by atoms with Gasteiger partial charge in [-0.1, -0.05) is 57.3 Å². The quantitative estimate of drug-likeness (QED) is 0.626. The first-order valence-corrected chi connectivity index (χ1v) is 11.9. The van der Waals surface area contributed by atoms with Gasteiger partial charge >= 0.3 is 0 Å². The molecule has 5 nitrogen and oxygen atoms in total. The van der Waals surface area contributed by atoms with Crippen molar-refractivity contribution in [3.8, 4) is 0 Å². The number of halogens is 3. The normalized spacial score (nSPS) is 16.1. The molecule has 9 heteroatoms. The molecule has 0 saturated carbocycles. The fraction of sp³-hybridized carbons (Fsp3) is 0.316. The van der Waals surface area contributed by atoms with Crippen molar-refractivity contribution in [2.45, 2.75) is 18.6 Å². The Balaban J connectivity index is 1.59. The van der Waals surface area contributed by atoms with E-state index >= 15 is 0 Å². The van der Waals surface area contributed by atoms with Crippen molar-refractivity contribution < 1.29 is 13.2 Å². The molecule has 28 heavy (non-hydrogen) atoms. The number of para-hydroxylation sites is 1. The minimum atomic E-state index is -3.43. The smallest absolute Gasteiger partial charge is 0.227 e. The van der Waals surface area contributed by atoms with Gasteiger partial charge in [0, 0.05) is 23.5 Å². The fourth-order valence-electron chi connectivity index (χ4n) is 3.12. The highest BCUT2D eigenvalue weighted by atomic mass is 79.9. The van der Waals surface area contributed by atoms with Crippen LogP contribution >= 0.6 is 39.1 Å². The topological polar surface area (TPSA) is 66.5 Å². The Hall–Kier alpha value is -1.12. The van der Waals surface area contributed by atoms with Gasteiger partial charge in [0.05, 0.1) is 21.5 Å². The van der Waals surface area contributed by atoms with Crippen LogP contribution in [-0.2, 0) is 20.6 Å². The number of sulfonamides is 1. The molecule has 1 saturated heterocycles. The van der Waals surface area contributed by atoms with E-state index in [9.17, 15) is 13.2 Å². The van der Waals surface area contributed by atoms with E-state index in [1.54, 1.807) is 30.3 Å². The second-order valence-electron chi connectivity index (χ2n) is 6.64. The summed E-state index contributed by atoms with van der Waals surface area (Å²) in [6.07, 6.45) is 0.904. The third-order valence-corrected chi connectivity index (χ3v) is 7.70. The number of piperidine rings is 1. The van der Waals surface area contributed by atoms with Gasteiger partial charge in [-0.15, -0.1) is 0 Å². The second-order valence-corrected chi connectivity index (χ2v) is 10.3. The zero-order valence-electron chi connectivity index (χ0n) is 14.9. The lowest BCUT2D eigenvalue weighted by Gasteiger charge is -2.30. The largest absolute Gasteiger partial charge is 0.323 e. The van der Waals surface area contributed by atoms with Gasteiger partial charge in [0.15, 0.2) is 0 Å². The highest BCUT2D eigenvalue weighted by Gasteiger charge is 2.31. The van der Waals surface area contributed by atoms with Crippen LogP contribution in [0.5, 0.6) is 0 Å². The van der Waals surface area contributed by atoms with Crippen molar-refractivity contribution >= 4 is 60.7 Å². The number of carbonyl (C=O) groups excluding carboxylic acids is 1. The Kier molecular flexibility index (Phi) is 7.04. The molecule has 1 heterocycles. The number of anilines is 1. The van der Waals surface area contributed by atoms with E-state index in [0.29, 0.717) is 41.7 Å². The van der Waals surface area contributed by atoms with E-state index in [2.05, 4.69) is 21.2 Å². The molecule has 1 aliphatic rings. The first-order valence-electron chi connectivity index (χ1n) is 8.73. The third kappa shape index (κ3) is 5.27. The van der Waals surface area contributed by atoms with Crippen LogP contribution in [0, 0.1) is 5.92 Å². The van der Waals surface area contributed by atoms with Crippen molar-refractivity contribution in [1.82, 2.24) is 4.31 Å². The van der Waals surface area contributed by atoms with Crippen LogP contribution in [0.25, 0.3) is 0 Å². The highest BCUT2D eigenvalue weighted by Crippen LogP contribution is 2.31. The van der Waals surface area contributed by atoms with E-state index < -0.39 is 10.0 Å². The summed E-state index contributed by atoms with van der Waals surface area (Å²) in [6, 6.07) is 12.2. The Morgan fingerprint density at radius 2 is 1.64 bits per heavy atom. The molecule has 0 spiro atoms. The highest BCUT2D eigenvalue weighted by molar-refractivity contribution is 9.10. The minimum absolute atomic E-state index is 0.0492. The van der Waals surface area contributed by atoms with Crippen LogP contribution in [0.3, 0.4) is 0 Å². The molecular weight excluding hydrogens is 487 g/mol. The molecule has 0 unspecified atom stereocenters. The number of amides is 1. The average Bonchev–Trinajstić information content (AvgIpc) is 2.66. The summed E-state index contributed by atoms with van der Waals surface area (Å²) in [4.78, 5) is 12.6. The monoisotopic (exact) mass is 504 g/mol. The Morgan fingerprint density at radius 1 is 1.07 bits per heavy atom. The summed E-state index contributed by atoms with van der Waals surface area (Å²) in [5.74, 6) is -0.529. The number of nitrogens with zero attached hydrogens (tertiary/aromatic N) is 1. The van der Waals surface area contributed by atoms with Crippen LogP contribution in [0.4, 0.5) is 5.69 Å².